The molecule has 4 heteroatoms. The Morgan fingerprint density at radius 1 is 1.08 bits per heavy atom. The molecule has 2 aromatic carbocycles. The van der Waals surface area contributed by atoms with Crippen LogP contribution >= 0.6 is 0 Å². The number of rotatable bonds is 6. The summed E-state index contributed by atoms with van der Waals surface area (Å²) in [5.41, 5.74) is 3.89. The van der Waals surface area contributed by atoms with Gasteiger partial charge in [-0.3, -0.25) is 4.79 Å². The maximum absolute atomic E-state index is 11.5. The number of hydrogen-bond donors (Lipinski definition) is 0. The largest absolute Gasteiger partial charge is 0.493 e. The van der Waals surface area contributed by atoms with E-state index in [1.54, 1.807) is 33.1 Å². The van der Waals surface area contributed by atoms with E-state index in [1.165, 1.54) is 0 Å². The SMILES string of the molecule is C=C(c1ccc(OC)c(OC)c1)c1ccccc1CN(C)C(C)=O. The van der Waals surface area contributed by atoms with Crippen molar-refractivity contribution in [3.8, 4) is 11.5 Å². The van der Waals surface area contributed by atoms with Gasteiger partial charge in [0.05, 0.1) is 14.2 Å². The number of methoxy groups -OCH3 is 2. The first-order valence-corrected chi connectivity index (χ1v) is 7.69. The molecule has 0 radical (unpaired) electrons. The van der Waals surface area contributed by atoms with Gasteiger partial charge in [-0.05, 0) is 34.4 Å². The Bertz CT molecular complexity index is 752. The molecule has 0 unspecified atom stereocenters. The molecule has 0 heterocycles. The van der Waals surface area contributed by atoms with Crippen molar-refractivity contribution in [1.29, 1.82) is 0 Å². The van der Waals surface area contributed by atoms with Gasteiger partial charge < -0.3 is 14.4 Å². The van der Waals surface area contributed by atoms with E-state index in [4.69, 9.17) is 9.47 Å². The van der Waals surface area contributed by atoms with Crippen molar-refractivity contribution in [2.45, 2.75) is 13.5 Å². The number of carbonyl (C=O) groups is 1. The zero-order chi connectivity index (χ0) is 17.7. The third kappa shape index (κ3) is 3.77. The Balaban J connectivity index is 2.38. The van der Waals surface area contributed by atoms with Gasteiger partial charge >= 0.3 is 0 Å². The van der Waals surface area contributed by atoms with E-state index in [0.717, 1.165) is 22.3 Å². The van der Waals surface area contributed by atoms with E-state index in [1.807, 2.05) is 42.5 Å². The lowest BCUT2D eigenvalue weighted by Gasteiger charge is -2.19. The van der Waals surface area contributed by atoms with Crippen molar-refractivity contribution in [3.63, 3.8) is 0 Å². The average molecular weight is 325 g/mol. The summed E-state index contributed by atoms with van der Waals surface area (Å²) in [6.07, 6.45) is 0. The van der Waals surface area contributed by atoms with Gasteiger partial charge in [0.2, 0.25) is 5.91 Å². The first kappa shape index (κ1) is 17.6. The Morgan fingerprint density at radius 2 is 1.75 bits per heavy atom. The molecule has 4 nitrogen and oxygen atoms in total. The van der Waals surface area contributed by atoms with E-state index < -0.39 is 0 Å². The average Bonchev–Trinajstić information content (AvgIpc) is 2.60. The molecule has 0 saturated carbocycles. The quantitative estimate of drug-likeness (QED) is 0.812. The molecule has 0 aliphatic heterocycles. The lowest BCUT2D eigenvalue weighted by atomic mass is 9.94. The van der Waals surface area contributed by atoms with Gasteiger partial charge in [-0.25, -0.2) is 0 Å². The third-order valence-corrected chi connectivity index (χ3v) is 4.02. The van der Waals surface area contributed by atoms with Crippen LogP contribution in [0.15, 0.2) is 49.0 Å². The monoisotopic (exact) mass is 325 g/mol. The second-order valence-electron chi connectivity index (χ2n) is 5.58. The summed E-state index contributed by atoms with van der Waals surface area (Å²) in [5, 5.41) is 0. The first-order chi connectivity index (χ1) is 11.5. The van der Waals surface area contributed by atoms with Gasteiger partial charge in [0, 0.05) is 20.5 Å². The molecule has 24 heavy (non-hydrogen) atoms. The molecule has 126 valence electrons. The molecule has 0 aliphatic carbocycles. The van der Waals surface area contributed by atoms with E-state index in [0.29, 0.717) is 18.0 Å². The fraction of sp³-hybridized carbons (Fsp3) is 0.250. The van der Waals surface area contributed by atoms with Crippen molar-refractivity contribution in [2.24, 2.45) is 0 Å². The molecule has 1 amide bonds. The zero-order valence-electron chi connectivity index (χ0n) is 14.6. The van der Waals surface area contributed by atoms with E-state index in [-0.39, 0.29) is 5.91 Å². The summed E-state index contributed by atoms with van der Waals surface area (Å²) >= 11 is 0. The molecule has 0 aliphatic rings. The fourth-order valence-electron chi connectivity index (χ4n) is 2.50. The van der Waals surface area contributed by atoms with Crippen LogP contribution in [0.1, 0.15) is 23.6 Å². The Morgan fingerprint density at radius 3 is 2.38 bits per heavy atom. The zero-order valence-corrected chi connectivity index (χ0v) is 14.6. The predicted molar refractivity (Wildman–Crippen MR) is 96.3 cm³/mol. The smallest absolute Gasteiger partial charge is 0.219 e. The Labute approximate surface area is 143 Å². The molecule has 2 aromatic rings. The highest BCUT2D eigenvalue weighted by Crippen LogP contribution is 2.33. The molecule has 2 rings (SSSR count). The van der Waals surface area contributed by atoms with E-state index in [9.17, 15) is 4.79 Å². The minimum atomic E-state index is 0.0292. The predicted octanol–water partition coefficient (Wildman–Crippen LogP) is 3.74. The minimum absolute atomic E-state index is 0.0292. The number of hydrogen-bond acceptors (Lipinski definition) is 3. The van der Waals surface area contributed by atoms with E-state index >= 15 is 0 Å². The molecule has 0 spiro atoms. The van der Waals surface area contributed by atoms with Gasteiger partial charge in [0.15, 0.2) is 11.5 Å². The normalized spacial score (nSPS) is 10.2. The van der Waals surface area contributed by atoms with Crippen LogP contribution in [-0.4, -0.2) is 32.1 Å². The van der Waals surface area contributed by atoms with Crippen molar-refractivity contribution in [1.82, 2.24) is 4.90 Å². The van der Waals surface area contributed by atoms with Crippen molar-refractivity contribution < 1.29 is 14.3 Å². The molecule has 0 atom stereocenters. The number of ether oxygens (including phenoxy) is 2. The Kier molecular flexibility index (Phi) is 5.64. The minimum Gasteiger partial charge on any atom is -0.493 e. The van der Waals surface area contributed by atoms with Crippen LogP contribution in [-0.2, 0) is 11.3 Å². The lowest BCUT2D eigenvalue weighted by Crippen LogP contribution is -2.23. The summed E-state index contributed by atoms with van der Waals surface area (Å²) in [4.78, 5) is 13.2. The maximum atomic E-state index is 11.5. The summed E-state index contributed by atoms with van der Waals surface area (Å²) in [5.74, 6) is 1.37. The first-order valence-electron chi connectivity index (χ1n) is 7.69. The van der Waals surface area contributed by atoms with Crippen molar-refractivity contribution in [3.05, 3.63) is 65.7 Å². The van der Waals surface area contributed by atoms with Crippen LogP contribution in [0.4, 0.5) is 0 Å². The number of nitrogens with zero attached hydrogens (tertiary/aromatic N) is 1. The molecular formula is C20H23NO3. The summed E-state index contributed by atoms with van der Waals surface area (Å²) in [6, 6.07) is 13.7. The molecule has 0 fully saturated rings. The van der Waals surface area contributed by atoms with Crippen LogP contribution in [0.5, 0.6) is 11.5 Å². The van der Waals surface area contributed by atoms with Gasteiger partial charge in [-0.2, -0.15) is 0 Å². The second kappa shape index (κ2) is 7.68. The highest BCUT2D eigenvalue weighted by Gasteiger charge is 2.13. The Hall–Kier alpha value is -2.75. The van der Waals surface area contributed by atoms with Crippen LogP contribution in [0.3, 0.4) is 0 Å². The van der Waals surface area contributed by atoms with Crippen molar-refractivity contribution >= 4 is 11.5 Å². The van der Waals surface area contributed by atoms with E-state index in [2.05, 4.69) is 6.58 Å². The van der Waals surface area contributed by atoms with Crippen LogP contribution in [0.2, 0.25) is 0 Å². The standard InChI is InChI=1S/C20H23NO3/c1-14(16-10-11-19(23-4)20(12-16)24-5)18-9-7-6-8-17(18)13-21(3)15(2)22/h6-12H,1,13H2,2-5H3. The third-order valence-electron chi connectivity index (χ3n) is 4.02. The molecule has 0 aromatic heterocycles. The molecule has 0 saturated heterocycles. The lowest BCUT2D eigenvalue weighted by molar-refractivity contribution is -0.128. The number of benzene rings is 2. The van der Waals surface area contributed by atoms with Crippen LogP contribution in [0, 0.1) is 0 Å². The summed E-state index contributed by atoms with van der Waals surface area (Å²) in [7, 11) is 5.01. The van der Waals surface area contributed by atoms with Gasteiger partial charge in [0.1, 0.15) is 0 Å². The van der Waals surface area contributed by atoms with Gasteiger partial charge in [-0.1, -0.05) is 36.9 Å². The summed E-state index contributed by atoms with van der Waals surface area (Å²) in [6.45, 7) is 6.34. The summed E-state index contributed by atoms with van der Waals surface area (Å²) < 4.78 is 10.7. The highest BCUT2D eigenvalue weighted by molar-refractivity contribution is 5.81. The fourth-order valence-corrected chi connectivity index (χ4v) is 2.50. The molecular weight excluding hydrogens is 302 g/mol. The number of carbonyl (C=O) groups excluding carboxylic acids is 1. The van der Waals surface area contributed by atoms with Gasteiger partial charge in [-0.15, -0.1) is 0 Å². The second-order valence-corrected chi connectivity index (χ2v) is 5.58. The number of amides is 1. The molecule has 0 bridgehead atoms. The highest BCUT2D eigenvalue weighted by atomic mass is 16.5. The van der Waals surface area contributed by atoms with Crippen LogP contribution in [0.25, 0.3) is 5.57 Å². The maximum Gasteiger partial charge on any atom is 0.219 e. The topological polar surface area (TPSA) is 38.8 Å². The van der Waals surface area contributed by atoms with Gasteiger partial charge in [0.25, 0.3) is 0 Å². The van der Waals surface area contributed by atoms with Crippen molar-refractivity contribution in [2.75, 3.05) is 21.3 Å². The molecule has 0 N–H and O–H groups in total. The van der Waals surface area contributed by atoms with Crippen LogP contribution < -0.4 is 9.47 Å².